The summed E-state index contributed by atoms with van der Waals surface area (Å²) in [5.41, 5.74) is 0. The molecule has 15 heavy (non-hydrogen) atoms. The lowest BCUT2D eigenvalue weighted by Gasteiger charge is -2.07. The van der Waals surface area contributed by atoms with Crippen molar-refractivity contribution in [2.75, 3.05) is 13.7 Å². The molecule has 0 heterocycles. The molecule has 1 aromatic carbocycles. The van der Waals surface area contributed by atoms with Gasteiger partial charge in [-0.05, 0) is 42.1 Å². The maximum absolute atomic E-state index is 5.24. The highest BCUT2D eigenvalue weighted by atomic mass is 32.2. The van der Waals surface area contributed by atoms with Gasteiger partial charge in [0.15, 0.2) is 0 Å². The highest BCUT2D eigenvalue weighted by Crippen LogP contribution is 2.18. The molecule has 0 amide bonds. The van der Waals surface area contributed by atoms with Gasteiger partial charge in [-0.15, -0.1) is 4.89 Å². The van der Waals surface area contributed by atoms with Crippen LogP contribution in [0.2, 0.25) is 0 Å². The van der Waals surface area contributed by atoms with Gasteiger partial charge in [-0.1, -0.05) is 13.8 Å². The molecule has 0 aromatic heterocycles. The zero-order valence-electron chi connectivity index (χ0n) is 9.32. The Labute approximate surface area is 95.2 Å². The minimum absolute atomic E-state index is 0.536. The van der Waals surface area contributed by atoms with Crippen molar-refractivity contribution in [2.24, 2.45) is 5.92 Å². The fraction of sp³-hybridized carbons (Fsp3) is 0.455. The average Bonchev–Trinajstić information content (AvgIpc) is 2.25. The van der Waals surface area contributed by atoms with Crippen molar-refractivity contribution in [2.45, 2.75) is 18.7 Å². The quantitative estimate of drug-likeness (QED) is 0.460. The molecule has 84 valence electrons. The van der Waals surface area contributed by atoms with Gasteiger partial charge >= 0.3 is 0 Å². The molecule has 0 aliphatic rings. The van der Waals surface area contributed by atoms with Crippen LogP contribution in [0.3, 0.4) is 0 Å². The van der Waals surface area contributed by atoms with E-state index in [2.05, 4.69) is 18.7 Å². The van der Waals surface area contributed by atoms with Crippen molar-refractivity contribution in [3.05, 3.63) is 24.3 Å². The number of nitrogens with one attached hydrogen (secondary N) is 1. The normalized spacial score (nSPS) is 10.7. The monoisotopic (exact) mass is 227 g/mol. The van der Waals surface area contributed by atoms with E-state index >= 15 is 0 Å². The molecule has 0 spiro atoms. The van der Waals surface area contributed by atoms with Crippen molar-refractivity contribution >= 4 is 11.9 Å². The molecule has 0 aliphatic carbocycles. The third kappa shape index (κ3) is 5.06. The number of hydrogen-bond donors (Lipinski definition) is 1. The minimum Gasteiger partial charge on any atom is -0.497 e. The molecule has 1 N–H and O–H groups in total. The Kier molecular flexibility index (Phi) is 5.53. The smallest absolute Gasteiger partial charge is 0.118 e. The summed E-state index contributed by atoms with van der Waals surface area (Å²) in [7, 11) is 1.66. The molecule has 4 heteroatoms. The highest BCUT2D eigenvalue weighted by Gasteiger charge is 1.96. The summed E-state index contributed by atoms with van der Waals surface area (Å²) in [5, 5.41) is 0. The van der Waals surface area contributed by atoms with Gasteiger partial charge in [0.25, 0.3) is 0 Å². The van der Waals surface area contributed by atoms with Crippen molar-refractivity contribution in [1.82, 2.24) is 4.89 Å². The molecule has 0 fully saturated rings. The van der Waals surface area contributed by atoms with Crippen LogP contribution in [0.4, 0.5) is 0 Å². The van der Waals surface area contributed by atoms with Gasteiger partial charge in [0, 0.05) is 4.90 Å². The molecule has 0 atom stereocenters. The standard InChI is InChI=1S/C11H17NO2S/c1-9(2)8-14-12-15-11-6-4-10(13-3)5-7-11/h4-7,9,12H,8H2,1-3H3. The zero-order chi connectivity index (χ0) is 11.1. The largest absolute Gasteiger partial charge is 0.497 e. The number of hydrogen-bond acceptors (Lipinski definition) is 4. The van der Waals surface area contributed by atoms with Crippen molar-refractivity contribution in [3.8, 4) is 5.75 Å². The molecule has 0 saturated carbocycles. The molecule has 3 nitrogen and oxygen atoms in total. The Bertz CT molecular complexity index is 274. The number of ether oxygens (including phenoxy) is 1. The third-order valence-electron chi connectivity index (χ3n) is 1.69. The van der Waals surface area contributed by atoms with Crippen LogP contribution in [0.25, 0.3) is 0 Å². The average molecular weight is 227 g/mol. The fourth-order valence-corrected chi connectivity index (χ4v) is 1.42. The Morgan fingerprint density at radius 1 is 1.27 bits per heavy atom. The van der Waals surface area contributed by atoms with Crippen LogP contribution in [0.15, 0.2) is 29.2 Å². The molecule has 0 aliphatic heterocycles. The second kappa shape index (κ2) is 6.71. The summed E-state index contributed by atoms with van der Waals surface area (Å²) in [6.07, 6.45) is 0. The maximum atomic E-state index is 5.24. The lowest BCUT2D eigenvalue weighted by molar-refractivity contribution is 0.0788. The second-order valence-electron chi connectivity index (χ2n) is 3.57. The molecule has 0 saturated heterocycles. The van der Waals surface area contributed by atoms with Crippen molar-refractivity contribution in [3.63, 3.8) is 0 Å². The summed E-state index contributed by atoms with van der Waals surface area (Å²) in [4.78, 5) is 9.18. The van der Waals surface area contributed by atoms with Crippen LogP contribution in [0.5, 0.6) is 5.75 Å². The summed E-state index contributed by atoms with van der Waals surface area (Å²) in [6.45, 7) is 4.93. The molecule has 1 rings (SSSR count). The third-order valence-corrected chi connectivity index (χ3v) is 2.40. The van der Waals surface area contributed by atoms with E-state index in [4.69, 9.17) is 9.57 Å². The van der Waals surface area contributed by atoms with E-state index in [0.717, 1.165) is 10.6 Å². The van der Waals surface area contributed by atoms with Gasteiger partial charge in [-0.2, -0.15) is 0 Å². The van der Waals surface area contributed by atoms with Crippen LogP contribution in [-0.4, -0.2) is 13.7 Å². The molecule has 0 unspecified atom stereocenters. The topological polar surface area (TPSA) is 30.5 Å². The van der Waals surface area contributed by atoms with Gasteiger partial charge < -0.3 is 4.74 Å². The summed E-state index contributed by atoms with van der Waals surface area (Å²) >= 11 is 1.45. The van der Waals surface area contributed by atoms with E-state index in [1.165, 1.54) is 11.9 Å². The predicted molar refractivity (Wildman–Crippen MR) is 62.8 cm³/mol. The van der Waals surface area contributed by atoms with Crippen molar-refractivity contribution in [1.29, 1.82) is 0 Å². The van der Waals surface area contributed by atoms with E-state index in [1.54, 1.807) is 7.11 Å². The Morgan fingerprint density at radius 3 is 2.47 bits per heavy atom. The Hall–Kier alpha value is -0.710. The lowest BCUT2D eigenvalue weighted by Crippen LogP contribution is -2.10. The number of methoxy groups -OCH3 is 1. The van der Waals surface area contributed by atoms with Gasteiger partial charge in [-0.3, -0.25) is 4.84 Å². The second-order valence-corrected chi connectivity index (χ2v) is 4.41. The van der Waals surface area contributed by atoms with Crippen LogP contribution in [0.1, 0.15) is 13.8 Å². The first-order valence-corrected chi connectivity index (χ1v) is 5.71. The lowest BCUT2D eigenvalue weighted by atomic mass is 10.2. The van der Waals surface area contributed by atoms with Gasteiger partial charge in [0.1, 0.15) is 5.75 Å². The van der Waals surface area contributed by atoms with Crippen LogP contribution >= 0.6 is 11.9 Å². The maximum Gasteiger partial charge on any atom is 0.118 e. The summed E-state index contributed by atoms with van der Waals surface area (Å²) in [6, 6.07) is 7.81. The van der Waals surface area contributed by atoms with Gasteiger partial charge in [-0.25, -0.2) is 0 Å². The van der Waals surface area contributed by atoms with E-state index < -0.39 is 0 Å². The van der Waals surface area contributed by atoms with Crippen LogP contribution in [-0.2, 0) is 4.84 Å². The van der Waals surface area contributed by atoms with Gasteiger partial charge in [0.05, 0.1) is 13.7 Å². The van der Waals surface area contributed by atoms with Crippen molar-refractivity contribution < 1.29 is 9.57 Å². The Morgan fingerprint density at radius 2 is 1.93 bits per heavy atom. The van der Waals surface area contributed by atoms with E-state index in [1.807, 2.05) is 24.3 Å². The minimum atomic E-state index is 0.536. The predicted octanol–water partition coefficient (Wildman–Crippen LogP) is 2.88. The van der Waals surface area contributed by atoms with Gasteiger partial charge in [0.2, 0.25) is 0 Å². The highest BCUT2D eigenvalue weighted by molar-refractivity contribution is 7.97. The van der Waals surface area contributed by atoms with Crippen LogP contribution < -0.4 is 9.62 Å². The fourth-order valence-electron chi connectivity index (χ4n) is 0.922. The molecular weight excluding hydrogens is 210 g/mol. The van der Waals surface area contributed by atoms with Crippen LogP contribution in [0, 0.1) is 5.92 Å². The zero-order valence-corrected chi connectivity index (χ0v) is 10.1. The summed E-state index contributed by atoms with van der Waals surface area (Å²) < 4.78 is 5.07. The van der Waals surface area contributed by atoms with E-state index in [0.29, 0.717) is 12.5 Å². The number of benzene rings is 1. The molecular formula is C11H17NO2S. The molecule has 1 aromatic rings. The van der Waals surface area contributed by atoms with E-state index in [-0.39, 0.29) is 0 Å². The molecule has 0 radical (unpaired) electrons. The summed E-state index contributed by atoms with van der Waals surface area (Å²) in [5.74, 6) is 1.40. The Balaban J connectivity index is 2.25. The first-order valence-electron chi connectivity index (χ1n) is 4.90. The SMILES string of the molecule is COc1ccc(SNOCC(C)C)cc1. The molecule has 0 bridgehead atoms. The first-order chi connectivity index (χ1) is 7.22. The first kappa shape index (κ1) is 12.4. The number of rotatable bonds is 6. The van der Waals surface area contributed by atoms with E-state index in [9.17, 15) is 0 Å².